The molecule has 3 atom stereocenters. The normalized spacial score (nSPS) is 26.6. The van der Waals surface area contributed by atoms with Gasteiger partial charge >= 0.3 is 6.03 Å². The first-order chi connectivity index (χ1) is 14.2. The SMILES string of the molecule is CC(=O)CN1N=C(C)CN2C3C(=O)N(Cc4c(Cl)cccc4Cl)C(=O)N(C)C3NC12. The number of halogens is 2. The van der Waals surface area contributed by atoms with Crippen LogP contribution in [0.3, 0.4) is 0 Å². The lowest BCUT2D eigenvalue weighted by Crippen LogP contribution is -2.66. The van der Waals surface area contributed by atoms with Crippen molar-refractivity contribution in [3.63, 3.8) is 0 Å². The van der Waals surface area contributed by atoms with E-state index in [1.165, 1.54) is 16.7 Å². The number of hydrogen-bond donors (Lipinski definition) is 1. The first kappa shape index (κ1) is 21.0. The Morgan fingerprint density at radius 1 is 1.27 bits per heavy atom. The van der Waals surface area contributed by atoms with Crippen molar-refractivity contribution >= 4 is 46.6 Å². The summed E-state index contributed by atoms with van der Waals surface area (Å²) in [5, 5.41) is 10.2. The van der Waals surface area contributed by atoms with Crippen LogP contribution in [-0.2, 0) is 16.1 Å². The number of fused-ring (bicyclic) bond motifs is 3. The summed E-state index contributed by atoms with van der Waals surface area (Å²) in [5.74, 6) is -0.387. The third-order valence-electron chi connectivity index (χ3n) is 5.51. The van der Waals surface area contributed by atoms with Crippen molar-refractivity contribution < 1.29 is 14.4 Å². The summed E-state index contributed by atoms with van der Waals surface area (Å²) in [7, 11) is 1.64. The molecule has 0 bridgehead atoms. The number of nitrogens with zero attached hydrogens (tertiary/aromatic N) is 5. The molecule has 1 aromatic rings. The molecule has 3 amide bonds. The third kappa shape index (κ3) is 3.45. The number of amides is 3. The Hall–Kier alpha value is -2.20. The molecule has 30 heavy (non-hydrogen) atoms. The number of urea groups is 1. The monoisotopic (exact) mass is 452 g/mol. The Balaban J connectivity index is 1.66. The highest BCUT2D eigenvalue weighted by Gasteiger charge is 2.56. The van der Waals surface area contributed by atoms with Crippen LogP contribution in [0.25, 0.3) is 0 Å². The number of carbonyl (C=O) groups excluding carboxylic acids is 3. The van der Waals surface area contributed by atoms with Gasteiger partial charge in [-0.2, -0.15) is 5.10 Å². The fourth-order valence-corrected chi connectivity index (χ4v) is 4.70. The van der Waals surface area contributed by atoms with Crippen molar-refractivity contribution in [2.75, 3.05) is 20.1 Å². The number of carbonyl (C=O) groups is 3. The van der Waals surface area contributed by atoms with Gasteiger partial charge in [-0.3, -0.25) is 24.8 Å². The van der Waals surface area contributed by atoms with Crippen LogP contribution in [0, 0.1) is 0 Å². The molecule has 2 fully saturated rings. The molecule has 160 valence electrons. The third-order valence-corrected chi connectivity index (χ3v) is 6.22. The lowest BCUT2D eigenvalue weighted by Gasteiger charge is -2.42. The smallest absolute Gasteiger partial charge is 0.310 e. The van der Waals surface area contributed by atoms with Crippen molar-refractivity contribution in [2.24, 2.45) is 5.10 Å². The molecule has 0 aliphatic carbocycles. The number of rotatable bonds is 4. The van der Waals surface area contributed by atoms with Gasteiger partial charge < -0.3 is 4.90 Å². The highest BCUT2D eigenvalue weighted by Crippen LogP contribution is 2.33. The number of ketones is 1. The van der Waals surface area contributed by atoms with Gasteiger partial charge in [0.2, 0.25) is 0 Å². The van der Waals surface area contributed by atoms with E-state index >= 15 is 0 Å². The second-order valence-corrected chi connectivity index (χ2v) is 8.57. The number of benzene rings is 1. The minimum atomic E-state index is -0.626. The lowest BCUT2D eigenvalue weighted by atomic mass is 10.1. The molecule has 1 aromatic carbocycles. The van der Waals surface area contributed by atoms with Crippen LogP contribution in [-0.4, -0.2) is 81.8 Å². The van der Waals surface area contributed by atoms with Crippen LogP contribution in [0.4, 0.5) is 4.79 Å². The number of hydrazone groups is 1. The van der Waals surface area contributed by atoms with Gasteiger partial charge in [-0.25, -0.2) is 9.69 Å². The van der Waals surface area contributed by atoms with Crippen LogP contribution < -0.4 is 5.32 Å². The van der Waals surface area contributed by atoms with Crippen LogP contribution in [0.2, 0.25) is 10.0 Å². The van der Waals surface area contributed by atoms with E-state index in [1.54, 1.807) is 30.3 Å². The maximum Gasteiger partial charge on any atom is 0.328 e. The zero-order valence-corrected chi connectivity index (χ0v) is 18.3. The standard InChI is InChI=1S/C19H22Cl2N6O3/c1-10-7-25-15-16(22-18(25)27(23-10)8-11(2)28)24(3)19(30)26(17(15)29)9-12-13(20)5-4-6-14(12)21/h4-6,15-16,18,22H,7-9H2,1-3H3. The maximum atomic E-state index is 13.5. The topological polar surface area (TPSA) is 88.6 Å². The Bertz CT molecular complexity index is 934. The van der Waals surface area contributed by atoms with Crippen molar-refractivity contribution in [1.29, 1.82) is 0 Å². The summed E-state index contributed by atoms with van der Waals surface area (Å²) in [4.78, 5) is 42.8. The number of likely N-dealkylation sites (N-methyl/N-ethyl adjacent to an activating group) is 1. The quantitative estimate of drug-likeness (QED) is 0.745. The zero-order valence-electron chi connectivity index (χ0n) is 16.8. The van der Waals surface area contributed by atoms with Crippen LogP contribution in [0.1, 0.15) is 19.4 Å². The summed E-state index contributed by atoms with van der Waals surface area (Å²) < 4.78 is 0. The molecule has 9 nitrogen and oxygen atoms in total. The molecule has 4 rings (SSSR count). The molecule has 0 saturated carbocycles. The van der Waals surface area contributed by atoms with E-state index in [0.29, 0.717) is 22.2 Å². The summed E-state index contributed by atoms with van der Waals surface area (Å²) >= 11 is 12.5. The Kier molecular flexibility index (Phi) is 5.48. The number of nitrogens with one attached hydrogen (secondary N) is 1. The predicted molar refractivity (Wildman–Crippen MR) is 112 cm³/mol. The Morgan fingerprint density at radius 2 is 1.93 bits per heavy atom. The molecule has 3 unspecified atom stereocenters. The minimum absolute atomic E-state index is 0.0214. The van der Waals surface area contributed by atoms with Crippen LogP contribution >= 0.6 is 23.2 Å². The minimum Gasteiger partial charge on any atom is -0.310 e. The van der Waals surface area contributed by atoms with Gasteiger partial charge in [0.15, 0.2) is 12.1 Å². The van der Waals surface area contributed by atoms with Gasteiger partial charge in [-0.1, -0.05) is 29.3 Å². The van der Waals surface area contributed by atoms with Crippen molar-refractivity contribution in [1.82, 2.24) is 25.0 Å². The fraction of sp³-hybridized carbons (Fsp3) is 0.474. The molecule has 0 aromatic heterocycles. The van der Waals surface area contributed by atoms with Gasteiger partial charge in [0.1, 0.15) is 12.2 Å². The average molecular weight is 453 g/mol. The van der Waals surface area contributed by atoms with E-state index < -0.39 is 24.5 Å². The zero-order chi connectivity index (χ0) is 21.7. The van der Waals surface area contributed by atoms with Gasteiger partial charge in [0, 0.05) is 34.9 Å². The molecule has 11 heteroatoms. The van der Waals surface area contributed by atoms with Crippen molar-refractivity contribution in [3.05, 3.63) is 33.8 Å². The van der Waals surface area contributed by atoms with E-state index in [4.69, 9.17) is 23.2 Å². The van der Waals surface area contributed by atoms with E-state index in [2.05, 4.69) is 10.4 Å². The van der Waals surface area contributed by atoms with Crippen LogP contribution in [0.5, 0.6) is 0 Å². The Morgan fingerprint density at radius 3 is 2.57 bits per heavy atom. The first-order valence-electron chi connectivity index (χ1n) is 9.52. The van der Waals surface area contributed by atoms with Gasteiger partial charge in [0.25, 0.3) is 5.91 Å². The first-order valence-corrected chi connectivity index (χ1v) is 10.3. The number of hydrogen-bond acceptors (Lipinski definition) is 7. The molecule has 3 aliphatic rings. The second kappa shape index (κ2) is 7.81. The molecule has 0 radical (unpaired) electrons. The van der Waals surface area contributed by atoms with E-state index in [-0.39, 0.29) is 24.8 Å². The van der Waals surface area contributed by atoms with Gasteiger partial charge in [-0.15, -0.1) is 0 Å². The molecular weight excluding hydrogens is 431 g/mol. The lowest BCUT2D eigenvalue weighted by molar-refractivity contribution is -0.139. The average Bonchev–Trinajstić information content (AvgIpc) is 3.05. The Labute approximate surface area is 184 Å². The van der Waals surface area contributed by atoms with Crippen molar-refractivity contribution in [2.45, 2.75) is 38.9 Å². The molecule has 3 heterocycles. The largest absolute Gasteiger partial charge is 0.328 e. The van der Waals surface area contributed by atoms with E-state index in [0.717, 1.165) is 5.71 Å². The highest BCUT2D eigenvalue weighted by atomic mass is 35.5. The molecule has 1 N–H and O–H groups in total. The molecular formula is C19H22Cl2N6O3. The van der Waals surface area contributed by atoms with E-state index in [1.807, 2.05) is 11.8 Å². The molecule has 0 spiro atoms. The number of imide groups is 1. The molecule has 2 saturated heterocycles. The van der Waals surface area contributed by atoms with E-state index in [9.17, 15) is 14.4 Å². The number of Topliss-reactive ketones (excluding diaryl/α,β-unsaturated/α-hetero) is 1. The van der Waals surface area contributed by atoms with Crippen LogP contribution in [0.15, 0.2) is 23.3 Å². The van der Waals surface area contributed by atoms with Crippen molar-refractivity contribution in [3.8, 4) is 0 Å². The second-order valence-electron chi connectivity index (χ2n) is 7.76. The summed E-state index contributed by atoms with van der Waals surface area (Å²) in [6, 6.07) is 3.98. The summed E-state index contributed by atoms with van der Waals surface area (Å²) in [6.07, 6.45) is -1.00. The maximum absolute atomic E-state index is 13.5. The highest BCUT2D eigenvalue weighted by molar-refractivity contribution is 6.36. The summed E-state index contributed by atoms with van der Waals surface area (Å²) in [5.41, 5.74) is 1.30. The van der Waals surface area contributed by atoms with Gasteiger partial charge in [-0.05, 0) is 26.0 Å². The fourth-order valence-electron chi connectivity index (χ4n) is 4.19. The predicted octanol–water partition coefficient (Wildman–Crippen LogP) is 1.55. The van der Waals surface area contributed by atoms with Gasteiger partial charge in [0.05, 0.1) is 13.1 Å². The molecule has 3 aliphatic heterocycles. The summed E-state index contributed by atoms with van der Waals surface area (Å²) in [6.45, 7) is 3.87.